The van der Waals surface area contributed by atoms with Gasteiger partial charge in [-0.2, -0.15) is 0 Å². The average Bonchev–Trinajstić information content (AvgIpc) is 2.54. The lowest BCUT2D eigenvalue weighted by molar-refractivity contribution is 0.0376. The van der Waals surface area contributed by atoms with Gasteiger partial charge in [-0.1, -0.05) is 13.8 Å². The summed E-state index contributed by atoms with van der Waals surface area (Å²) in [6.07, 6.45) is 3.18. The van der Waals surface area contributed by atoms with Crippen molar-refractivity contribution in [2.45, 2.75) is 58.5 Å². The smallest absolute Gasteiger partial charge is 0.341 e. The first-order valence-corrected chi connectivity index (χ1v) is 7.27. The summed E-state index contributed by atoms with van der Waals surface area (Å²) in [6, 6.07) is 0. The summed E-state index contributed by atoms with van der Waals surface area (Å²) >= 11 is 1.55. The minimum absolute atomic E-state index is 0.0209. The maximum atomic E-state index is 12.2. The number of hydrogen-bond donors (Lipinski definition) is 1. The van der Waals surface area contributed by atoms with Crippen molar-refractivity contribution in [3.8, 4) is 0 Å². The van der Waals surface area contributed by atoms with E-state index in [1.54, 1.807) is 11.3 Å². The fourth-order valence-electron chi connectivity index (χ4n) is 2.68. The first-order chi connectivity index (χ1) is 8.33. The predicted molar refractivity (Wildman–Crippen MR) is 75.2 cm³/mol. The van der Waals surface area contributed by atoms with Crippen molar-refractivity contribution in [1.29, 1.82) is 0 Å². The van der Waals surface area contributed by atoms with Gasteiger partial charge in [-0.15, -0.1) is 11.3 Å². The first-order valence-electron chi connectivity index (χ1n) is 6.45. The molecule has 0 bridgehead atoms. The van der Waals surface area contributed by atoms with Gasteiger partial charge in [0.15, 0.2) is 0 Å². The third-order valence-electron chi connectivity index (χ3n) is 3.44. The van der Waals surface area contributed by atoms with E-state index in [1.165, 1.54) is 11.3 Å². The van der Waals surface area contributed by atoms with Crippen LogP contribution in [0.5, 0.6) is 0 Å². The molecule has 3 nitrogen and oxygen atoms in total. The van der Waals surface area contributed by atoms with Gasteiger partial charge in [0.05, 0.1) is 11.7 Å². The Morgan fingerprint density at radius 1 is 1.44 bits per heavy atom. The number of anilines is 1. The van der Waals surface area contributed by atoms with Crippen molar-refractivity contribution in [2.24, 2.45) is 0 Å². The highest BCUT2D eigenvalue weighted by atomic mass is 32.1. The lowest BCUT2D eigenvalue weighted by Crippen LogP contribution is -2.26. The Morgan fingerprint density at radius 3 is 2.72 bits per heavy atom. The van der Waals surface area contributed by atoms with Gasteiger partial charge in [-0.05, 0) is 44.1 Å². The second-order valence-electron chi connectivity index (χ2n) is 5.83. The van der Waals surface area contributed by atoms with Gasteiger partial charge in [-0.25, -0.2) is 4.79 Å². The van der Waals surface area contributed by atoms with E-state index in [-0.39, 0.29) is 17.5 Å². The Balaban J connectivity index is 2.48. The number of esters is 1. The van der Waals surface area contributed by atoms with Crippen LogP contribution in [0.25, 0.3) is 0 Å². The normalized spacial score (nSPS) is 17.6. The van der Waals surface area contributed by atoms with E-state index in [0.29, 0.717) is 10.6 Å². The molecule has 1 aromatic heterocycles. The van der Waals surface area contributed by atoms with E-state index in [9.17, 15) is 4.79 Å². The van der Waals surface area contributed by atoms with Crippen LogP contribution in [0.3, 0.4) is 0 Å². The maximum Gasteiger partial charge on any atom is 0.341 e. The maximum absolute atomic E-state index is 12.2. The van der Waals surface area contributed by atoms with Crippen molar-refractivity contribution < 1.29 is 9.53 Å². The summed E-state index contributed by atoms with van der Waals surface area (Å²) in [5, 5.41) is 0.612. The molecule has 1 aliphatic rings. The molecule has 4 heteroatoms. The molecule has 0 spiro atoms. The van der Waals surface area contributed by atoms with Crippen LogP contribution in [-0.4, -0.2) is 12.1 Å². The third kappa shape index (κ3) is 2.26. The Hall–Kier alpha value is -1.03. The molecular formula is C14H21NO2S. The van der Waals surface area contributed by atoms with E-state index in [4.69, 9.17) is 10.5 Å². The second kappa shape index (κ2) is 4.57. The topological polar surface area (TPSA) is 52.3 Å². The molecule has 0 saturated heterocycles. The van der Waals surface area contributed by atoms with E-state index in [0.717, 1.165) is 18.4 Å². The molecule has 100 valence electrons. The summed E-state index contributed by atoms with van der Waals surface area (Å²) in [7, 11) is 0. The zero-order valence-electron chi connectivity index (χ0n) is 11.5. The molecule has 1 aliphatic carbocycles. The van der Waals surface area contributed by atoms with Gasteiger partial charge in [0.2, 0.25) is 0 Å². The molecule has 18 heavy (non-hydrogen) atoms. The molecule has 0 aromatic carbocycles. The molecule has 1 heterocycles. The fraction of sp³-hybridized carbons (Fsp3) is 0.643. The molecule has 0 aliphatic heterocycles. The highest BCUT2D eigenvalue weighted by Gasteiger charge is 2.36. The number of aryl methyl sites for hydroxylation is 1. The van der Waals surface area contributed by atoms with E-state index < -0.39 is 0 Å². The van der Waals surface area contributed by atoms with Gasteiger partial charge in [0, 0.05) is 4.88 Å². The highest BCUT2D eigenvalue weighted by molar-refractivity contribution is 7.16. The standard InChI is InChI=1S/C14H21NO2S/c1-8(2)17-13(16)10-11-9(18-12(10)15)6-5-7-14(11,3)4/h8H,5-7,15H2,1-4H3. The molecule has 2 N–H and O–H groups in total. The number of ether oxygens (including phenoxy) is 1. The monoisotopic (exact) mass is 267 g/mol. The van der Waals surface area contributed by atoms with Crippen LogP contribution in [0.15, 0.2) is 0 Å². The fourth-order valence-corrected chi connectivity index (χ4v) is 3.96. The van der Waals surface area contributed by atoms with Crippen LogP contribution in [-0.2, 0) is 16.6 Å². The van der Waals surface area contributed by atoms with E-state index in [2.05, 4.69) is 13.8 Å². The summed E-state index contributed by atoms with van der Waals surface area (Å²) in [4.78, 5) is 13.5. The van der Waals surface area contributed by atoms with E-state index in [1.807, 2.05) is 13.8 Å². The summed E-state index contributed by atoms with van der Waals surface area (Å²) in [6.45, 7) is 8.09. The molecule has 0 saturated carbocycles. The zero-order valence-corrected chi connectivity index (χ0v) is 12.3. The third-order valence-corrected chi connectivity index (χ3v) is 4.52. The predicted octanol–water partition coefficient (Wildman–Crippen LogP) is 3.51. The minimum atomic E-state index is -0.269. The van der Waals surface area contributed by atoms with Crippen molar-refractivity contribution >= 4 is 22.3 Å². The molecular weight excluding hydrogens is 246 g/mol. The molecule has 1 aromatic rings. The highest BCUT2D eigenvalue weighted by Crippen LogP contribution is 2.45. The molecule has 0 atom stereocenters. The Kier molecular flexibility index (Phi) is 3.41. The number of thiophene rings is 1. The Bertz CT molecular complexity index is 474. The average molecular weight is 267 g/mol. The van der Waals surface area contributed by atoms with Crippen LogP contribution in [0.4, 0.5) is 5.00 Å². The number of rotatable bonds is 2. The summed E-state index contributed by atoms with van der Waals surface area (Å²) in [5.74, 6) is -0.269. The van der Waals surface area contributed by atoms with Crippen molar-refractivity contribution in [2.75, 3.05) is 5.73 Å². The van der Waals surface area contributed by atoms with Gasteiger partial charge in [0.1, 0.15) is 5.00 Å². The molecule has 0 amide bonds. The number of fused-ring (bicyclic) bond motifs is 1. The SMILES string of the molecule is CC(C)OC(=O)c1c(N)sc2c1C(C)(C)CCC2. The van der Waals surface area contributed by atoms with Crippen LogP contribution in [0.1, 0.15) is 61.3 Å². The molecule has 0 radical (unpaired) electrons. The van der Waals surface area contributed by atoms with Crippen molar-refractivity contribution in [3.63, 3.8) is 0 Å². The summed E-state index contributed by atoms with van der Waals surface area (Å²) < 4.78 is 5.32. The molecule has 2 rings (SSSR count). The van der Waals surface area contributed by atoms with Crippen LogP contribution in [0.2, 0.25) is 0 Å². The number of hydrogen-bond acceptors (Lipinski definition) is 4. The minimum Gasteiger partial charge on any atom is -0.459 e. The van der Waals surface area contributed by atoms with Gasteiger partial charge < -0.3 is 10.5 Å². The van der Waals surface area contributed by atoms with Crippen molar-refractivity contribution in [1.82, 2.24) is 0 Å². The van der Waals surface area contributed by atoms with Crippen LogP contribution < -0.4 is 5.73 Å². The zero-order chi connectivity index (χ0) is 13.5. The van der Waals surface area contributed by atoms with Crippen LogP contribution >= 0.6 is 11.3 Å². The summed E-state index contributed by atoms with van der Waals surface area (Å²) in [5.41, 5.74) is 7.80. The van der Waals surface area contributed by atoms with Crippen LogP contribution in [0, 0.1) is 0 Å². The largest absolute Gasteiger partial charge is 0.459 e. The van der Waals surface area contributed by atoms with E-state index >= 15 is 0 Å². The van der Waals surface area contributed by atoms with Gasteiger partial charge in [-0.3, -0.25) is 0 Å². The lowest BCUT2D eigenvalue weighted by atomic mass is 9.74. The second-order valence-corrected chi connectivity index (χ2v) is 6.97. The van der Waals surface area contributed by atoms with Gasteiger partial charge in [0.25, 0.3) is 0 Å². The number of nitrogen functional groups attached to an aromatic ring is 1. The molecule has 0 fully saturated rings. The first kappa shape index (κ1) is 13.4. The molecule has 0 unspecified atom stereocenters. The number of nitrogens with two attached hydrogens (primary N) is 1. The lowest BCUT2D eigenvalue weighted by Gasteiger charge is -2.31. The van der Waals surface area contributed by atoms with Gasteiger partial charge >= 0.3 is 5.97 Å². The number of carbonyl (C=O) groups excluding carboxylic acids is 1. The number of carbonyl (C=O) groups is 1. The van der Waals surface area contributed by atoms with Crippen molar-refractivity contribution in [3.05, 3.63) is 16.0 Å². The quantitative estimate of drug-likeness (QED) is 0.834. The Labute approximate surface area is 112 Å². The Morgan fingerprint density at radius 2 is 2.11 bits per heavy atom.